The molecular weight excluding hydrogens is 376 g/mol. The molecule has 1 aliphatic carbocycles. The molecule has 0 radical (unpaired) electrons. The quantitative estimate of drug-likeness (QED) is 0.669. The first-order chi connectivity index (χ1) is 12.8. The van der Waals surface area contributed by atoms with Gasteiger partial charge in [0.05, 0.1) is 4.90 Å². The molecule has 27 heavy (non-hydrogen) atoms. The van der Waals surface area contributed by atoms with Crippen molar-refractivity contribution in [1.29, 1.82) is 0 Å². The molecule has 144 valence electrons. The smallest absolute Gasteiger partial charge is 0.261 e. The molecule has 1 saturated carbocycles. The van der Waals surface area contributed by atoms with E-state index in [2.05, 4.69) is 10.0 Å². The van der Waals surface area contributed by atoms with Crippen molar-refractivity contribution in [2.24, 2.45) is 11.7 Å². The number of anilines is 1. The number of rotatable bonds is 7. The summed E-state index contributed by atoms with van der Waals surface area (Å²) in [6.45, 7) is 0.364. The third-order valence-corrected chi connectivity index (χ3v) is 5.74. The van der Waals surface area contributed by atoms with Crippen LogP contribution >= 0.6 is 0 Å². The lowest BCUT2D eigenvalue weighted by molar-refractivity contribution is 0.0933. The SMILES string of the molecule is NCC(NC(=O)c1ccc(NS(=O)(=O)c2ccc(F)c(F)c2)cc1)C1CC1. The van der Waals surface area contributed by atoms with Gasteiger partial charge in [-0.3, -0.25) is 9.52 Å². The first-order valence-corrected chi connectivity index (χ1v) is 9.87. The fraction of sp³-hybridized carbons (Fsp3) is 0.278. The second-order valence-electron chi connectivity index (χ2n) is 6.41. The number of carbonyl (C=O) groups excluding carboxylic acids is 1. The number of sulfonamides is 1. The largest absolute Gasteiger partial charge is 0.348 e. The van der Waals surface area contributed by atoms with E-state index in [0.717, 1.165) is 25.0 Å². The summed E-state index contributed by atoms with van der Waals surface area (Å²) in [5, 5.41) is 2.87. The van der Waals surface area contributed by atoms with Crippen LogP contribution in [0.25, 0.3) is 0 Å². The van der Waals surface area contributed by atoms with Gasteiger partial charge in [-0.05, 0) is 61.2 Å². The Balaban J connectivity index is 1.69. The minimum atomic E-state index is -4.09. The third-order valence-electron chi connectivity index (χ3n) is 4.36. The highest BCUT2D eigenvalue weighted by molar-refractivity contribution is 7.92. The zero-order chi connectivity index (χ0) is 19.6. The van der Waals surface area contributed by atoms with Crippen LogP contribution in [0.2, 0.25) is 0 Å². The van der Waals surface area contributed by atoms with Crippen LogP contribution in [0.3, 0.4) is 0 Å². The fourth-order valence-electron chi connectivity index (χ4n) is 2.67. The van der Waals surface area contributed by atoms with E-state index in [1.807, 2.05) is 0 Å². The predicted octanol–water partition coefficient (Wildman–Crippen LogP) is 2.23. The maximum atomic E-state index is 13.3. The Labute approximate surface area is 155 Å². The molecule has 3 rings (SSSR count). The molecule has 1 aliphatic rings. The average molecular weight is 395 g/mol. The van der Waals surface area contributed by atoms with Crippen LogP contribution in [-0.4, -0.2) is 26.9 Å². The molecule has 1 fully saturated rings. The van der Waals surface area contributed by atoms with Crippen LogP contribution in [0.5, 0.6) is 0 Å². The highest BCUT2D eigenvalue weighted by Gasteiger charge is 2.31. The molecule has 0 aromatic heterocycles. The van der Waals surface area contributed by atoms with Crippen LogP contribution in [0.4, 0.5) is 14.5 Å². The average Bonchev–Trinajstić information content (AvgIpc) is 3.47. The Bertz CT molecular complexity index is 945. The summed E-state index contributed by atoms with van der Waals surface area (Å²) in [6.07, 6.45) is 2.10. The zero-order valence-electron chi connectivity index (χ0n) is 14.3. The monoisotopic (exact) mass is 395 g/mol. The summed E-state index contributed by atoms with van der Waals surface area (Å²) < 4.78 is 53.0. The number of hydrogen-bond acceptors (Lipinski definition) is 4. The molecule has 0 aliphatic heterocycles. The number of nitrogens with one attached hydrogen (secondary N) is 2. The molecule has 1 atom stereocenters. The van der Waals surface area contributed by atoms with Gasteiger partial charge in [-0.25, -0.2) is 17.2 Å². The summed E-state index contributed by atoms with van der Waals surface area (Å²) in [6, 6.07) is 8.02. The number of halogens is 2. The van der Waals surface area contributed by atoms with Crippen molar-refractivity contribution in [3.63, 3.8) is 0 Å². The van der Waals surface area contributed by atoms with Crippen LogP contribution in [0, 0.1) is 17.6 Å². The zero-order valence-corrected chi connectivity index (χ0v) is 15.1. The number of carbonyl (C=O) groups is 1. The van der Waals surface area contributed by atoms with Gasteiger partial charge in [0, 0.05) is 23.8 Å². The first kappa shape index (κ1) is 19.2. The minimum Gasteiger partial charge on any atom is -0.348 e. The summed E-state index contributed by atoms with van der Waals surface area (Å²) in [5.74, 6) is -2.25. The topological polar surface area (TPSA) is 101 Å². The van der Waals surface area contributed by atoms with Crippen LogP contribution in [0.15, 0.2) is 47.4 Å². The molecule has 0 saturated heterocycles. The van der Waals surface area contributed by atoms with Crippen molar-refractivity contribution in [2.75, 3.05) is 11.3 Å². The van der Waals surface area contributed by atoms with Crippen molar-refractivity contribution in [1.82, 2.24) is 5.32 Å². The maximum Gasteiger partial charge on any atom is 0.261 e. The number of benzene rings is 2. The second-order valence-corrected chi connectivity index (χ2v) is 8.09. The molecule has 0 bridgehead atoms. The Hall–Kier alpha value is -2.52. The Morgan fingerprint density at radius 1 is 1.11 bits per heavy atom. The summed E-state index contributed by atoms with van der Waals surface area (Å²) in [7, 11) is -4.09. The third kappa shape index (κ3) is 4.61. The number of nitrogens with two attached hydrogens (primary N) is 1. The molecule has 0 heterocycles. The van der Waals surface area contributed by atoms with E-state index in [1.54, 1.807) is 0 Å². The lowest BCUT2D eigenvalue weighted by Gasteiger charge is -2.16. The Morgan fingerprint density at radius 2 is 1.78 bits per heavy atom. The van der Waals surface area contributed by atoms with E-state index < -0.39 is 26.6 Å². The summed E-state index contributed by atoms with van der Waals surface area (Å²) in [4.78, 5) is 11.8. The van der Waals surface area contributed by atoms with Crippen molar-refractivity contribution < 1.29 is 22.0 Å². The van der Waals surface area contributed by atoms with E-state index in [-0.39, 0.29) is 17.6 Å². The molecule has 4 N–H and O–H groups in total. The first-order valence-electron chi connectivity index (χ1n) is 8.39. The van der Waals surface area contributed by atoms with Crippen molar-refractivity contribution in [3.05, 3.63) is 59.7 Å². The van der Waals surface area contributed by atoms with Gasteiger partial charge >= 0.3 is 0 Å². The van der Waals surface area contributed by atoms with Gasteiger partial charge in [0.2, 0.25) is 0 Å². The normalized spacial score (nSPS) is 15.2. The van der Waals surface area contributed by atoms with E-state index in [1.165, 1.54) is 24.3 Å². The van der Waals surface area contributed by atoms with E-state index >= 15 is 0 Å². The van der Waals surface area contributed by atoms with Crippen molar-refractivity contribution >= 4 is 21.6 Å². The molecule has 2 aromatic rings. The van der Waals surface area contributed by atoms with Gasteiger partial charge in [0.25, 0.3) is 15.9 Å². The van der Waals surface area contributed by atoms with Gasteiger partial charge < -0.3 is 11.1 Å². The molecule has 2 aromatic carbocycles. The van der Waals surface area contributed by atoms with Crippen molar-refractivity contribution in [3.8, 4) is 0 Å². The highest BCUT2D eigenvalue weighted by Crippen LogP contribution is 2.32. The van der Waals surface area contributed by atoms with E-state index in [0.29, 0.717) is 24.1 Å². The summed E-state index contributed by atoms with van der Waals surface area (Å²) >= 11 is 0. The standard InChI is InChI=1S/C18H19F2N3O3S/c19-15-8-7-14(9-16(15)20)27(25,26)23-13-5-3-12(4-6-13)18(24)22-17(10-21)11-1-2-11/h3-9,11,17,23H,1-2,10,21H2,(H,22,24). The highest BCUT2D eigenvalue weighted by atomic mass is 32.2. The Morgan fingerprint density at radius 3 is 2.33 bits per heavy atom. The van der Waals surface area contributed by atoms with Gasteiger partial charge in [-0.15, -0.1) is 0 Å². The van der Waals surface area contributed by atoms with Gasteiger partial charge in [0.15, 0.2) is 11.6 Å². The fourth-order valence-corrected chi connectivity index (χ4v) is 3.74. The number of hydrogen-bond donors (Lipinski definition) is 3. The lowest BCUT2D eigenvalue weighted by Crippen LogP contribution is -2.41. The lowest BCUT2D eigenvalue weighted by atomic mass is 10.1. The molecule has 6 nitrogen and oxygen atoms in total. The van der Waals surface area contributed by atoms with Crippen LogP contribution in [-0.2, 0) is 10.0 Å². The van der Waals surface area contributed by atoms with Crippen molar-refractivity contribution in [2.45, 2.75) is 23.8 Å². The second kappa shape index (κ2) is 7.61. The Kier molecular flexibility index (Phi) is 5.43. The van der Waals surface area contributed by atoms with Gasteiger partial charge in [-0.1, -0.05) is 0 Å². The molecule has 9 heteroatoms. The van der Waals surface area contributed by atoms with E-state index in [9.17, 15) is 22.0 Å². The molecule has 0 spiro atoms. The van der Waals surface area contributed by atoms with Crippen LogP contribution in [0.1, 0.15) is 23.2 Å². The summed E-state index contributed by atoms with van der Waals surface area (Å²) in [5.41, 5.74) is 6.22. The van der Waals surface area contributed by atoms with E-state index in [4.69, 9.17) is 5.73 Å². The molecule has 1 amide bonds. The van der Waals surface area contributed by atoms with Gasteiger partial charge in [-0.2, -0.15) is 0 Å². The van der Waals surface area contributed by atoms with Gasteiger partial charge in [0.1, 0.15) is 0 Å². The predicted molar refractivity (Wildman–Crippen MR) is 96.6 cm³/mol. The minimum absolute atomic E-state index is 0.0657. The number of amides is 1. The molecular formula is C18H19F2N3O3S. The molecule has 1 unspecified atom stereocenters. The maximum absolute atomic E-state index is 13.3. The van der Waals surface area contributed by atoms with Crippen LogP contribution < -0.4 is 15.8 Å².